The SMILES string of the molecule is COc1cc(/C=C2/SC(=O)N(CC(=O)N3CCOCC3)C2=O)cc(Br)c1OCc1ccc(C(=O)O)cc1. The summed E-state index contributed by atoms with van der Waals surface area (Å²) < 4.78 is 17.2. The summed E-state index contributed by atoms with van der Waals surface area (Å²) in [5.74, 6) is -1.02. The lowest BCUT2D eigenvalue weighted by molar-refractivity contribution is -0.139. The van der Waals surface area contributed by atoms with E-state index in [1.165, 1.54) is 19.2 Å². The van der Waals surface area contributed by atoms with Gasteiger partial charge in [0.05, 0.1) is 35.3 Å². The average molecular weight is 591 g/mol. The van der Waals surface area contributed by atoms with Crippen LogP contribution in [0.2, 0.25) is 0 Å². The highest BCUT2D eigenvalue weighted by atomic mass is 79.9. The Morgan fingerprint density at radius 2 is 1.86 bits per heavy atom. The van der Waals surface area contributed by atoms with E-state index < -0.39 is 17.1 Å². The summed E-state index contributed by atoms with van der Waals surface area (Å²) in [7, 11) is 1.48. The smallest absolute Gasteiger partial charge is 0.335 e. The van der Waals surface area contributed by atoms with Gasteiger partial charge in [-0.15, -0.1) is 0 Å². The van der Waals surface area contributed by atoms with Crippen molar-refractivity contribution in [3.8, 4) is 11.5 Å². The van der Waals surface area contributed by atoms with Crippen LogP contribution in [0.3, 0.4) is 0 Å². The number of morpholine rings is 1. The number of hydrogen-bond acceptors (Lipinski definition) is 8. The van der Waals surface area contributed by atoms with E-state index >= 15 is 0 Å². The van der Waals surface area contributed by atoms with Gasteiger partial charge in [0.2, 0.25) is 5.91 Å². The van der Waals surface area contributed by atoms with Crippen LogP contribution >= 0.6 is 27.7 Å². The zero-order chi connectivity index (χ0) is 26.5. The molecule has 0 aliphatic carbocycles. The van der Waals surface area contributed by atoms with Crippen molar-refractivity contribution in [2.45, 2.75) is 6.61 Å². The Bertz CT molecular complexity index is 1260. The third kappa shape index (κ3) is 6.32. The lowest BCUT2D eigenvalue weighted by Gasteiger charge is -2.28. The second kappa shape index (κ2) is 11.8. The van der Waals surface area contributed by atoms with Gasteiger partial charge < -0.3 is 24.2 Å². The zero-order valence-electron chi connectivity index (χ0n) is 19.8. The molecule has 0 aromatic heterocycles. The summed E-state index contributed by atoms with van der Waals surface area (Å²) in [4.78, 5) is 51.6. The maximum atomic E-state index is 12.9. The molecule has 0 atom stereocenters. The first-order valence-corrected chi connectivity index (χ1v) is 12.8. The summed E-state index contributed by atoms with van der Waals surface area (Å²) in [5, 5.41) is 8.53. The molecule has 0 spiro atoms. The van der Waals surface area contributed by atoms with Crippen molar-refractivity contribution in [2.75, 3.05) is 40.0 Å². The van der Waals surface area contributed by atoms with Crippen LogP contribution in [0.4, 0.5) is 4.79 Å². The molecule has 12 heteroatoms. The normalized spacial score (nSPS) is 16.9. The van der Waals surface area contributed by atoms with Gasteiger partial charge in [0.15, 0.2) is 11.5 Å². The van der Waals surface area contributed by atoms with E-state index in [1.807, 2.05) is 0 Å². The molecule has 194 valence electrons. The number of hydrogen-bond donors (Lipinski definition) is 1. The Morgan fingerprint density at radius 3 is 2.51 bits per heavy atom. The summed E-state index contributed by atoms with van der Waals surface area (Å²) in [6, 6.07) is 9.71. The zero-order valence-corrected chi connectivity index (χ0v) is 22.2. The first-order chi connectivity index (χ1) is 17.8. The van der Waals surface area contributed by atoms with Gasteiger partial charge in [0.1, 0.15) is 13.2 Å². The molecule has 2 aromatic carbocycles. The van der Waals surface area contributed by atoms with Gasteiger partial charge >= 0.3 is 5.97 Å². The number of amides is 3. The first-order valence-electron chi connectivity index (χ1n) is 11.2. The van der Waals surface area contributed by atoms with Gasteiger partial charge in [-0.25, -0.2) is 4.79 Å². The minimum absolute atomic E-state index is 0.171. The standard InChI is InChI=1S/C25H23BrN2O8S/c1-34-19-11-16(10-18(26)22(19)36-14-15-2-4-17(5-3-15)24(31)32)12-20-23(30)28(25(33)37-20)13-21(29)27-6-8-35-9-7-27/h2-5,10-12H,6-9,13-14H2,1H3,(H,31,32)/b20-12+. The van der Waals surface area contributed by atoms with Crippen molar-refractivity contribution in [3.05, 3.63) is 62.5 Å². The van der Waals surface area contributed by atoms with Crippen LogP contribution in [0.15, 0.2) is 45.8 Å². The molecule has 1 N–H and O–H groups in total. The third-order valence-corrected chi connectivity index (χ3v) is 7.16. The molecule has 37 heavy (non-hydrogen) atoms. The molecule has 0 saturated carbocycles. The Labute approximate surface area is 225 Å². The molecule has 4 rings (SSSR count). The Hall–Kier alpha value is -3.35. The summed E-state index contributed by atoms with van der Waals surface area (Å²) in [5.41, 5.74) is 1.54. The number of thioether (sulfide) groups is 1. The predicted octanol–water partition coefficient (Wildman–Crippen LogP) is 3.63. The van der Waals surface area contributed by atoms with E-state index in [1.54, 1.807) is 35.2 Å². The fourth-order valence-electron chi connectivity index (χ4n) is 3.70. The highest BCUT2D eigenvalue weighted by molar-refractivity contribution is 9.10. The number of benzene rings is 2. The number of carboxylic acid groups (broad SMARTS) is 1. The molecule has 0 radical (unpaired) electrons. The molecule has 0 unspecified atom stereocenters. The number of imide groups is 1. The van der Waals surface area contributed by atoms with Crippen LogP contribution in [0, 0.1) is 0 Å². The van der Waals surface area contributed by atoms with Gasteiger partial charge in [0.25, 0.3) is 11.1 Å². The second-order valence-electron chi connectivity index (χ2n) is 8.09. The largest absolute Gasteiger partial charge is 0.493 e. The second-order valence-corrected chi connectivity index (χ2v) is 9.93. The van der Waals surface area contributed by atoms with Crippen LogP contribution in [0.1, 0.15) is 21.5 Å². The number of carbonyl (C=O) groups is 4. The molecule has 2 aliphatic rings. The Morgan fingerprint density at radius 1 is 1.16 bits per heavy atom. The lowest BCUT2D eigenvalue weighted by Crippen LogP contribution is -2.46. The van der Waals surface area contributed by atoms with E-state index in [-0.39, 0.29) is 29.5 Å². The summed E-state index contributed by atoms with van der Waals surface area (Å²) in [6.07, 6.45) is 1.56. The van der Waals surface area contributed by atoms with Gasteiger partial charge in [0, 0.05) is 13.1 Å². The van der Waals surface area contributed by atoms with Crippen LogP contribution in [0.5, 0.6) is 11.5 Å². The van der Waals surface area contributed by atoms with Crippen LogP contribution < -0.4 is 9.47 Å². The van der Waals surface area contributed by atoms with Crippen LogP contribution in [0.25, 0.3) is 6.08 Å². The van der Waals surface area contributed by atoms with Gasteiger partial charge in [-0.2, -0.15) is 0 Å². The molecule has 0 bridgehead atoms. The van der Waals surface area contributed by atoms with E-state index in [9.17, 15) is 19.2 Å². The number of methoxy groups -OCH3 is 1. The summed E-state index contributed by atoms with van der Waals surface area (Å²) >= 11 is 4.24. The molecule has 2 aromatic rings. The fourth-order valence-corrected chi connectivity index (χ4v) is 5.11. The van der Waals surface area contributed by atoms with Crippen molar-refractivity contribution in [2.24, 2.45) is 0 Å². The van der Waals surface area contributed by atoms with Crippen LogP contribution in [-0.4, -0.2) is 77.9 Å². The van der Waals surface area contributed by atoms with Gasteiger partial charge in [-0.1, -0.05) is 12.1 Å². The third-order valence-electron chi connectivity index (χ3n) is 5.66. The number of nitrogens with zero attached hydrogens (tertiary/aromatic N) is 2. The lowest BCUT2D eigenvalue weighted by atomic mass is 10.1. The average Bonchev–Trinajstić information content (AvgIpc) is 3.15. The highest BCUT2D eigenvalue weighted by Crippen LogP contribution is 2.39. The predicted molar refractivity (Wildman–Crippen MR) is 139 cm³/mol. The fraction of sp³-hybridized carbons (Fsp3) is 0.280. The number of ether oxygens (including phenoxy) is 3. The van der Waals surface area contributed by atoms with Crippen LogP contribution in [-0.2, 0) is 20.9 Å². The Balaban J connectivity index is 1.46. The maximum Gasteiger partial charge on any atom is 0.335 e. The number of carboxylic acids is 1. The molecule has 2 saturated heterocycles. The minimum Gasteiger partial charge on any atom is -0.493 e. The molecule has 2 aliphatic heterocycles. The number of carbonyl (C=O) groups excluding carboxylic acids is 3. The molecular weight excluding hydrogens is 568 g/mol. The monoisotopic (exact) mass is 590 g/mol. The van der Waals surface area contributed by atoms with Crippen molar-refractivity contribution in [3.63, 3.8) is 0 Å². The molecule has 2 fully saturated rings. The maximum absolute atomic E-state index is 12.9. The molecular formula is C25H23BrN2O8S. The number of rotatable bonds is 8. The first kappa shape index (κ1) is 26.7. The quantitative estimate of drug-likeness (QED) is 0.459. The Kier molecular flexibility index (Phi) is 8.52. The molecule has 3 amide bonds. The minimum atomic E-state index is -1.01. The van der Waals surface area contributed by atoms with Crippen molar-refractivity contribution < 1.29 is 38.5 Å². The van der Waals surface area contributed by atoms with Gasteiger partial charge in [-0.3, -0.25) is 19.3 Å². The van der Waals surface area contributed by atoms with Gasteiger partial charge in [-0.05, 0) is 69.2 Å². The highest BCUT2D eigenvalue weighted by Gasteiger charge is 2.37. The number of halogens is 1. The summed E-state index contributed by atoms with van der Waals surface area (Å²) in [6.45, 7) is 1.59. The van der Waals surface area contributed by atoms with Crippen molar-refractivity contribution in [1.82, 2.24) is 9.80 Å². The molecule has 10 nitrogen and oxygen atoms in total. The van der Waals surface area contributed by atoms with E-state index in [0.717, 1.165) is 22.2 Å². The van der Waals surface area contributed by atoms with E-state index in [0.29, 0.717) is 47.8 Å². The van der Waals surface area contributed by atoms with E-state index in [2.05, 4.69) is 15.9 Å². The topological polar surface area (TPSA) is 123 Å². The van der Waals surface area contributed by atoms with E-state index in [4.69, 9.17) is 19.3 Å². The van der Waals surface area contributed by atoms with Crippen molar-refractivity contribution in [1.29, 1.82) is 0 Å². The molecule has 2 heterocycles. The van der Waals surface area contributed by atoms with Crippen molar-refractivity contribution >= 4 is 56.8 Å². The number of aromatic carboxylic acids is 1.